The lowest BCUT2D eigenvalue weighted by Gasteiger charge is -2.21. The molecule has 5 nitrogen and oxygen atoms in total. The van der Waals surface area contributed by atoms with E-state index in [0.717, 1.165) is 40.8 Å². The number of carbonyl (C=O) groups is 1. The molecule has 2 N–H and O–H groups in total. The maximum absolute atomic E-state index is 12.1. The van der Waals surface area contributed by atoms with E-state index in [1.54, 1.807) is 11.3 Å². The van der Waals surface area contributed by atoms with Crippen LogP contribution in [0.1, 0.15) is 36.4 Å². The summed E-state index contributed by atoms with van der Waals surface area (Å²) in [6.45, 7) is 6.15. The van der Waals surface area contributed by atoms with Crippen LogP contribution in [-0.4, -0.2) is 29.0 Å². The number of anilines is 1. The van der Waals surface area contributed by atoms with Crippen molar-refractivity contribution < 1.29 is 4.79 Å². The fraction of sp³-hybridized carbons (Fsp3) is 0.562. The fourth-order valence-electron chi connectivity index (χ4n) is 2.89. The lowest BCUT2D eigenvalue weighted by Crippen LogP contribution is -2.28. The van der Waals surface area contributed by atoms with E-state index < -0.39 is 0 Å². The van der Waals surface area contributed by atoms with E-state index in [-0.39, 0.29) is 18.3 Å². The van der Waals surface area contributed by atoms with Crippen molar-refractivity contribution in [3.63, 3.8) is 0 Å². The highest BCUT2D eigenvalue weighted by molar-refractivity contribution is 7.16. The molecule has 24 heavy (non-hydrogen) atoms. The minimum absolute atomic E-state index is 0. The molecule has 1 saturated heterocycles. The van der Waals surface area contributed by atoms with Gasteiger partial charge in [0.05, 0.1) is 21.3 Å². The van der Waals surface area contributed by atoms with Crippen LogP contribution in [0, 0.1) is 19.8 Å². The predicted octanol–water partition coefficient (Wildman–Crippen LogP) is 4.02. The third-order valence-electron chi connectivity index (χ3n) is 4.13. The first-order valence-electron chi connectivity index (χ1n) is 8.02. The monoisotopic (exact) mass is 386 g/mol. The van der Waals surface area contributed by atoms with Crippen LogP contribution in [0.25, 0.3) is 10.6 Å². The number of thiazole rings is 2. The van der Waals surface area contributed by atoms with Gasteiger partial charge in [-0.25, -0.2) is 9.97 Å². The molecule has 0 aromatic carbocycles. The Labute approximate surface area is 156 Å². The third-order valence-corrected chi connectivity index (χ3v) is 5.98. The molecule has 2 aromatic rings. The van der Waals surface area contributed by atoms with Crippen LogP contribution in [-0.2, 0) is 4.79 Å². The molecule has 3 rings (SSSR count). The van der Waals surface area contributed by atoms with Crippen molar-refractivity contribution in [2.45, 2.75) is 39.5 Å². The van der Waals surface area contributed by atoms with E-state index in [2.05, 4.69) is 20.6 Å². The highest BCUT2D eigenvalue weighted by Gasteiger charge is 2.16. The maximum Gasteiger partial charge on any atom is 0.226 e. The summed E-state index contributed by atoms with van der Waals surface area (Å²) in [5.74, 6) is 0.748. The van der Waals surface area contributed by atoms with Gasteiger partial charge in [-0.2, -0.15) is 0 Å². The van der Waals surface area contributed by atoms with Crippen molar-refractivity contribution in [3.05, 3.63) is 16.1 Å². The Kier molecular flexibility index (Phi) is 7.16. The normalized spacial score (nSPS) is 15.1. The van der Waals surface area contributed by atoms with E-state index in [4.69, 9.17) is 0 Å². The Balaban J connectivity index is 0.00000208. The third kappa shape index (κ3) is 4.99. The number of piperidine rings is 1. The lowest BCUT2D eigenvalue weighted by molar-refractivity contribution is -0.116. The first kappa shape index (κ1) is 19.3. The second-order valence-electron chi connectivity index (χ2n) is 5.97. The number of nitrogens with zero attached hydrogens (tertiary/aromatic N) is 2. The number of carbonyl (C=O) groups excluding carboxylic acids is 1. The van der Waals surface area contributed by atoms with Gasteiger partial charge in [0, 0.05) is 11.8 Å². The molecule has 0 unspecified atom stereocenters. The quantitative estimate of drug-likeness (QED) is 0.814. The molecule has 0 atom stereocenters. The van der Waals surface area contributed by atoms with E-state index in [9.17, 15) is 4.79 Å². The molecule has 1 amide bonds. The van der Waals surface area contributed by atoms with Crippen LogP contribution in [0.3, 0.4) is 0 Å². The van der Waals surface area contributed by atoms with Crippen molar-refractivity contribution in [1.29, 1.82) is 0 Å². The minimum Gasteiger partial charge on any atom is -0.317 e. The first-order chi connectivity index (χ1) is 11.1. The van der Waals surface area contributed by atoms with Crippen molar-refractivity contribution in [3.8, 4) is 10.6 Å². The summed E-state index contributed by atoms with van der Waals surface area (Å²) < 4.78 is 0. The molecule has 2 aromatic heterocycles. The van der Waals surface area contributed by atoms with E-state index >= 15 is 0 Å². The molecule has 0 bridgehead atoms. The second-order valence-corrected chi connectivity index (χ2v) is 8.03. The number of rotatable bonds is 5. The molecule has 132 valence electrons. The molecule has 1 fully saturated rings. The van der Waals surface area contributed by atoms with Gasteiger partial charge < -0.3 is 10.6 Å². The van der Waals surface area contributed by atoms with Gasteiger partial charge in [-0.3, -0.25) is 4.79 Å². The molecule has 0 radical (unpaired) electrons. The summed E-state index contributed by atoms with van der Waals surface area (Å²) in [4.78, 5) is 22.2. The van der Waals surface area contributed by atoms with Crippen molar-refractivity contribution >= 4 is 46.1 Å². The van der Waals surface area contributed by atoms with Crippen LogP contribution in [0.5, 0.6) is 0 Å². The average molecular weight is 387 g/mol. The number of amides is 1. The largest absolute Gasteiger partial charge is 0.317 e. The predicted molar refractivity (Wildman–Crippen MR) is 103 cm³/mol. The summed E-state index contributed by atoms with van der Waals surface area (Å²) in [6.07, 6.45) is 3.91. The Morgan fingerprint density at radius 1 is 1.33 bits per heavy atom. The Morgan fingerprint density at radius 2 is 2.08 bits per heavy atom. The molecular formula is C16H23ClN4OS2. The second kappa shape index (κ2) is 8.89. The number of hydrogen-bond donors (Lipinski definition) is 2. The smallest absolute Gasteiger partial charge is 0.226 e. The van der Waals surface area contributed by atoms with Crippen LogP contribution in [0.2, 0.25) is 0 Å². The van der Waals surface area contributed by atoms with Crippen LogP contribution in [0.15, 0.2) is 5.38 Å². The van der Waals surface area contributed by atoms with Crippen molar-refractivity contribution in [1.82, 2.24) is 15.3 Å². The van der Waals surface area contributed by atoms with Gasteiger partial charge in [-0.05, 0) is 52.1 Å². The zero-order valence-electron chi connectivity index (χ0n) is 13.9. The Morgan fingerprint density at radius 3 is 2.75 bits per heavy atom. The molecule has 8 heteroatoms. The van der Waals surface area contributed by atoms with Gasteiger partial charge in [0.15, 0.2) is 5.13 Å². The van der Waals surface area contributed by atoms with E-state index in [1.807, 2.05) is 19.2 Å². The number of hydrogen-bond acceptors (Lipinski definition) is 6. The molecule has 0 aliphatic carbocycles. The SMILES string of the molecule is Cc1nc(C)c(-c2csc(NC(=O)CCC3CCNCC3)n2)s1.Cl. The summed E-state index contributed by atoms with van der Waals surface area (Å²) in [5, 5.41) is 10.00. The molecule has 0 spiro atoms. The standard InChI is InChI=1S/C16H22N4OS2.ClH/c1-10-15(23-11(2)18-10)13-9-22-16(19-13)20-14(21)4-3-12-5-7-17-8-6-12;/h9,12,17H,3-8H2,1-2H3,(H,19,20,21);1H. The van der Waals surface area contributed by atoms with E-state index in [1.165, 1.54) is 24.2 Å². The summed E-state index contributed by atoms with van der Waals surface area (Å²) in [6, 6.07) is 0. The first-order valence-corrected chi connectivity index (χ1v) is 9.72. The topological polar surface area (TPSA) is 66.9 Å². The number of aromatic nitrogens is 2. The molecule has 3 heterocycles. The Bertz CT molecular complexity index is 679. The maximum atomic E-state index is 12.1. The van der Waals surface area contributed by atoms with Crippen molar-refractivity contribution in [2.24, 2.45) is 5.92 Å². The summed E-state index contributed by atoms with van der Waals surface area (Å²) in [7, 11) is 0. The summed E-state index contributed by atoms with van der Waals surface area (Å²) >= 11 is 3.12. The molecular weight excluding hydrogens is 364 g/mol. The van der Waals surface area contributed by atoms with Gasteiger partial charge in [0.1, 0.15) is 0 Å². The molecule has 1 aliphatic rings. The van der Waals surface area contributed by atoms with Gasteiger partial charge in [-0.1, -0.05) is 0 Å². The van der Waals surface area contributed by atoms with Crippen LogP contribution < -0.4 is 10.6 Å². The number of aryl methyl sites for hydroxylation is 2. The van der Waals surface area contributed by atoms with Crippen LogP contribution in [0.4, 0.5) is 5.13 Å². The number of halogens is 1. The van der Waals surface area contributed by atoms with Gasteiger partial charge in [0.25, 0.3) is 0 Å². The fourth-order valence-corrected chi connectivity index (χ4v) is 4.56. The number of nitrogens with one attached hydrogen (secondary N) is 2. The zero-order chi connectivity index (χ0) is 16.2. The van der Waals surface area contributed by atoms with Gasteiger partial charge in [-0.15, -0.1) is 35.1 Å². The van der Waals surface area contributed by atoms with Crippen LogP contribution >= 0.6 is 35.1 Å². The molecule has 1 aliphatic heterocycles. The van der Waals surface area contributed by atoms with E-state index in [0.29, 0.717) is 17.5 Å². The lowest BCUT2D eigenvalue weighted by atomic mass is 9.93. The summed E-state index contributed by atoms with van der Waals surface area (Å²) in [5.41, 5.74) is 1.91. The van der Waals surface area contributed by atoms with Gasteiger partial charge in [0.2, 0.25) is 5.91 Å². The average Bonchev–Trinajstić information content (AvgIpc) is 3.12. The highest BCUT2D eigenvalue weighted by atomic mass is 35.5. The highest BCUT2D eigenvalue weighted by Crippen LogP contribution is 2.32. The minimum atomic E-state index is 0. The van der Waals surface area contributed by atoms with Gasteiger partial charge >= 0.3 is 0 Å². The van der Waals surface area contributed by atoms with Crippen molar-refractivity contribution in [2.75, 3.05) is 18.4 Å². The Hall–Kier alpha value is -1.02. The molecule has 0 saturated carbocycles. The zero-order valence-corrected chi connectivity index (χ0v) is 16.4.